The molecule has 0 aliphatic carbocycles. The highest BCUT2D eigenvalue weighted by Crippen LogP contribution is 2.22. The van der Waals surface area contributed by atoms with Crippen molar-refractivity contribution >= 4 is 0 Å². The molecule has 4 N–H and O–H groups in total. The molecule has 1 aliphatic heterocycles. The van der Waals surface area contributed by atoms with Crippen LogP contribution in [0.5, 0.6) is 0 Å². The van der Waals surface area contributed by atoms with Gasteiger partial charge in [-0.25, -0.2) is 0 Å². The fraction of sp³-hybridized carbons (Fsp3) is 1.00. The predicted molar refractivity (Wildman–Crippen MR) is 164 cm³/mol. The molecule has 0 aromatic heterocycles. The van der Waals surface area contributed by atoms with Crippen molar-refractivity contribution in [2.24, 2.45) is 0 Å². The van der Waals surface area contributed by atoms with E-state index in [-0.39, 0.29) is 12.7 Å². The molecule has 246 valence electrons. The summed E-state index contributed by atoms with van der Waals surface area (Å²) < 4.78 is 23.3. The number of aliphatic hydroxyl groups excluding tert-OH is 4. The standard InChI is InChI=1S/C33H66O8/c1-3-5-7-9-11-13-15-17-19-21-23-38-26-28(39-24-22-20-18-16-14-12-10-8-6-4-2)27-40-33-32(37)31(36)30(35)29(25-34)41-33/h28-37H,3-27H2,1-2H3/t28?,29-,30-,31+,32-,33-/m1/s1. The van der Waals surface area contributed by atoms with E-state index in [9.17, 15) is 20.4 Å². The quantitative estimate of drug-likeness (QED) is 0.0778. The van der Waals surface area contributed by atoms with Crippen LogP contribution in [0.15, 0.2) is 0 Å². The van der Waals surface area contributed by atoms with Crippen molar-refractivity contribution in [2.75, 3.05) is 33.0 Å². The maximum absolute atomic E-state index is 10.3. The van der Waals surface area contributed by atoms with Gasteiger partial charge in [0.25, 0.3) is 0 Å². The zero-order chi connectivity index (χ0) is 30.0. The van der Waals surface area contributed by atoms with E-state index in [4.69, 9.17) is 18.9 Å². The maximum atomic E-state index is 10.3. The second-order valence-corrected chi connectivity index (χ2v) is 12.0. The van der Waals surface area contributed by atoms with Gasteiger partial charge in [-0.3, -0.25) is 0 Å². The van der Waals surface area contributed by atoms with Crippen molar-refractivity contribution in [1.29, 1.82) is 0 Å². The molecule has 41 heavy (non-hydrogen) atoms. The van der Waals surface area contributed by atoms with Gasteiger partial charge >= 0.3 is 0 Å². The summed E-state index contributed by atoms with van der Waals surface area (Å²) in [5.41, 5.74) is 0. The molecule has 0 spiro atoms. The molecule has 1 heterocycles. The number of unbranched alkanes of at least 4 members (excludes halogenated alkanes) is 18. The Morgan fingerprint density at radius 3 is 1.51 bits per heavy atom. The molecule has 0 saturated carbocycles. The van der Waals surface area contributed by atoms with Crippen LogP contribution in [0.2, 0.25) is 0 Å². The lowest BCUT2D eigenvalue weighted by molar-refractivity contribution is -0.306. The molecule has 0 aromatic rings. The van der Waals surface area contributed by atoms with Crippen LogP contribution in [0.4, 0.5) is 0 Å². The van der Waals surface area contributed by atoms with Crippen LogP contribution in [-0.4, -0.2) is 90.3 Å². The molecule has 1 fully saturated rings. The fourth-order valence-corrected chi connectivity index (χ4v) is 5.30. The maximum Gasteiger partial charge on any atom is 0.186 e. The Labute approximate surface area is 251 Å². The lowest BCUT2D eigenvalue weighted by Gasteiger charge is -2.39. The molecule has 8 heteroatoms. The highest BCUT2D eigenvalue weighted by Gasteiger charge is 2.44. The van der Waals surface area contributed by atoms with Gasteiger partial charge in [0.15, 0.2) is 6.29 Å². The number of aliphatic hydroxyl groups is 4. The largest absolute Gasteiger partial charge is 0.394 e. The van der Waals surface area contributed by atoms with E-state index in [0.29, 0.717) is 19.8 Å². The molecule has 0 amide bonds. The number of hydrogen-bond acceptors (Lipinski definition) is 8. The number of rotatable bonds is 29. The van der Waals surface area contributed by atoms with Crippen LogP contribution in [0, 0.1) is 0 Å². The van der Waals surface area contributed by atoms with Gasteiger partial charge in [-0.15, -0.1) is 0 Å². The van der Waals surface area contributed by atoms with E-state index in [0.717, 1.165) is 19.3 Å². The summed E-state index contributed by atoms with van der Waals surface area (Å²) in [6, 6.07) is 0. The molecule has 1 aliphatic rings. The minimum atomic E-state index is -1.45. The summed E-state index contributed by atoms with van der Waals surface area (Å²) in [7, 11) is 0. The van der Waals surface area contributed by atoms with Gasteiger partial charge in [0.2, 0.25) is 0 Å². The Kier molecular flexibility index (Phi) is 25.7. The predicted octanol–water partition coefficient (Wildman–Crippen LogP) is 6.05. The smallest absolute Gasteiger partial charge is 0.186 e. The Bertz CT molecular complexity index is 549. The van der Waals surface area contributed by atoms with Gasteiger partial charge in [0.05, 0.1) is 19.8 Å². The SMILES string of the molecule is CCCCCCCCCCCCOCC(CO[C@@H]1O[C@H](CO)[C@@H](O)[C@H](O)[C@H]1O)OCCCCCCCCCCCC. The monoisotopic (exact) mass is 590 g/mol. The first kappa shape index (κ1) is 38.7. The topological polar surface area (TPSA) is 118 Å². The third kappa shape index (κ3) is 19.6. The van der Waals surface area contributed by atoms with E-state index in [1.54, 1.807) is 0 Å². The highest BCUT2D eigenvalue weighted by molar-refractivity contribution is 4.89. The van der Waals surface area contributed by atoms with Crippen LogP contribution in [0.25, 0.3) is 0 Å². The minimum absolute atomic E-state index is 0.123. The Balaban J connectivity index is 2.29. The molecule has 1 unspecified atom stereocenters. The zero-order valence-electron chi connectivity index (χ0n) is 26.6. The van der Waals surface area contributed by atoms with E-state index in [2.05, 4.69) is 13.8 Å². The molecular formula is C33H66O8. The van der Waals surface area contributed by atoms with E-state index >= 15 is 0 Å². The summed E-state index contributed by atoms with van der Waals surface area (Å²) in [6.07, 6.45) is 18.7. The normalized spacial score (nSPS) is 23.7. The van der Waals surface area contributed by atoms with Crippen LogP contribution >= 0.6 is 0 Å². The zero-order valence-corrected chi connectivity index (χ0v) is 26.6. The first-order valence-corrected chi connectivity index (χ1v) is 17.2. The molecule has 1 saturated heterocycles. The van der Waals surface area contributed by atoms with E-state index < -0.39 is 37.3 Å². The highest BCUT2D eigenvalue weighted by atomic mass is 16.7. The van der Waals surface area contributed by atoms with Gasteiger partial charge in [0.1, 0.15) is 30.5 Å². The van der Waals surface area contributed by atoms with Crippen molar-refractivity contribution in [3.8, 4) is 0 Å². The Morgan fingerprint density at radius 2 is 1.02 bits per heavy atom. The van der Waals surface area contributed by atoms with Crippen LogP contribution in [0.1, 0.15) is 142 Å². The van der Waals surface area contributed by atoms with Crippen LogP contribution in [-0.2, 0) is 18.9 Å². The minimum Gasteiger partial charge on any atom is -0.394 e. The molecule has 0 bridgehead atoms. The summed E-state index contributed by atoms with van der Waals surface area (Å²) in [6.45, 7) is 5.81. The Hall–Kier alpha value is -0.320. The van der Waals surface area contributed by atoms with Gasteiger partial charge in [0, 0.05) is 13.2 Å². The molecule has 6 atom stereocenters. The van der Waals surface area contributed by atoms with Crippen LogP contribution < -0.4 is 0 Å². The number of hydrogen-bond donors (Lipinski definition) is 4. The fourth-order valence-electron chi connectivity index (χ4n) is 5.30. The van der Waals surface area contributed by atoms with Gasteiger partial charge in [-0.05, 0) is 12.8 Å². The second-order valence-electron chi connectivity index (χ2n) is 12.0. The van der Waals surface area contributed by atoms with Crippen molar-refractivity contribution < 1.29 is 39.4 Å². The average Bonchev–Trinajstić information content (AvgIpc) is 2.98. The lowest BCUT2D eigenvalue weighted by atomic mass is 9.99. The van der Waals surface area contributed by atoms with Crippen molar-refractivity contribution in [2.45, 2.75) is 179 Å². The summed E-state index contributed by atoms with van der Waals surface area (Å²) >= 11 is 0. The van der Waals surface area contributed by atoms with Gasteiger partial charge < -0.3 is 39.4 Å². The summed E-state index contributed by atoms with van der Waals surface area (Å²) in [4.78, 5) is 0. The van der Waals surface area contributed by atoms with Crippen molar-refractivity contribution in [1.82, 2.24) is 0 Å². The van der Waals surface area contributed by atoms with Gasteiger partial charge in [-0.1, -0.05) is 129 Å². The molecular weight excluding hydrogens is 524 g/mol. The third-order valence-corrected chi connectivity index (χ3v) is 8.09. The van der Waals surface area contributed by atoms with Gasteiger partial charge in [-0.2, -0.15) is 0 Å². The van der Waals surface area contributed by atoms with Crippen molar-refractivity contribution in [3.05, 3.63) is 0 Å². The molecule has 0 aromatic carbocycles. The summed E-state index contributed by atoms with van der Waals surface area (Å²) in [5.74, 6) is 0. The number of ether oxygens (including phenoxy) is 4. The second kappa shape index (κ2) is 27.2. The van der Waals surface area contributed by atoms with Crippen LogP contribution in [0.3, 0.4) is 0 Å². The lowest BCUT2D eigenvalue weighted by Crippen LogP contribution is -2.59. The first-order chi connectivity index (χ1) is 20.0. The Morgan fingerprint density at radius 1 is 0.561 bits per heavy atom. The van der Waals surface area contributed by atoms with Crippen molar-refractivity contribution in [3.63, 3.8) is 0 Å². The van der Waals surface area contributed by atoms with E-state index in [1.807, 2.05) is 0 Å². The molecule has 8 nitrogen and oxygen atoms in total. The van der Waals surface area contributed by atoms with E-state index in [1.165, 1.54) is 109 Å². The average molecular weight is 591 g/mol. The third-order valence-electron chi connectivity index (χ3n) is 8.09. The summed E-state index contributed by atoms with van der Waals surface area (Å²) in [5, 5.41) is 39.8. The molecule has 0 radical (unpaired) electrons. The molecule has 1 rings (SSSR count). The first-order valence-electron chi connectivity index (χ1n) is 17.2.